The van der Waals surface area contributed by atoms with Crippen molar-refractivity contribution in [3.8, 4) is 5.75 Å². The van der Waals surface area contributed by atoms with Crippen LogP contribution in [0.5, 0.6) is 5.75 Å². The quantitative estimate of drug-likeness (QED) is 0.680. The fourth-order valence-corrected chi connectivity index (χ4v) is 4.10. The summed E-state index contributed by atoms with van der Waals surface area (Å²) in [5.74, 6) is 0.766. The number of hydrogen-bond acceptors (Lipinski definition) is 4. The second-order valence-electron chi connectivity index (χ2n) is 7.18. The van der Waals surface area contributed by atoms with Crippen LogP contribution >= 0.6 is 11.6 Å². The number of aromatic nitrogens is 1. The van der Waals surface area contributed by atoms with Crippen LogP contribution in [-0.4, -0.2) is 35.2 Å². The van der Waals surface area contributed by atoms with Gasteiger partial charge in [-0.2, -0.15) is 0 Å². The summed E-state index contributed by atoms with van der Waals surface area (Å²) < 4.78 is 5.30. The Kier molecular flexibility index (Phi) is 5.04. The van der Waals surface area contributed by atoms with Crippen LogP contribution in [0.15, 0.2) is 54.6 Å². The van der Waals surface area contributed by atoms with Crippen LogP contribution < -0.4 is 4.74 Å². The van der Waals surface area contributed by atoms with Crippen LogP contribution in [0, 0.1) is 0 Å². The molecule has 1 aliphatic rings. The van der Waals surface area contributed by atoms with E-state index in [1.807, 2.05) is 30.3 Å². The predicted molar refractivity (Wildman–Crippen MR) is 108 cm³/mol. The summed E-state index contributed by atoms with van der Waals surface area (Å²) in [5, 5.41) is 12.6. The molecular weight excluding hydrogens is 360 g/mol. The van der Waals surface area contributed by atoms with Gasteiger partial charge in [-0.05, 0) is 42.7 Å². The molecule has 0 radical (unpaired) electrons. The summed E-state index contributed by atoms with van der Waals surface area (Å²) in [7, 11) is 1.64. The van der Waals surface area contributed by atoms with E-state index in [4.69, 9.17) is 16.3 Å². The molecule has 0 saturated carbocycles. The number of hydrogen-bond donors (Lipinski definition) is 1. The van der Waals surface area contributed by atoms with Crippen LogP contribution in [0.1, 0.15) is 24.0 Å². The van der Waals surface area contributed by atoms with Crippen LogP contribution in [0.2, 0.25) is 5.15 Å². The summed E-state index contributed by atoms with van der Waals surface area (Å²) in [6.07, 6.45) is 1.27. The molecule has 0 spiro atoms. The van der Waals surface area contributed by atoms with Crippen molar-refractivity contribution in [2.75, 3.05) is 20.2 Å². The zero-order valence-corrected chi connectivity index (χ0v) is 16.1. The Labute approximate surface area is 164 Å². The molecule has 1 saturated heterocycles. The van der Waals surface area contributed by atoms with Gasteiger partial charge in [-0.3, -0.25) is 4.90 Å². The standard InChI is InChI=1S/C22H23ClN2O2/c1-27-18-7-8-20-17(13-18)14-19(21(23)24-20)22(26)9-11-25(12-10-22)15-16-5-3-2-4-6-16/h2-8,13-14,26H,9-12,15H2,1H3. The molecule has 0 unspecified atom stereocenters. The van der Waals surface area contributed by atoms with E-state index in [0.717, 1.165) is 36.3 Å². The highest BCUT2D eigenvalue weighted by Gasteiger charge is 2.36. The highest BCUT2D eigenvalue weighted by atomic mass is 35.5. The van der Waals surface area contributed by atoms with Crippen LogP contribution in [0.4, 0.5) is 0 Å². The number of likely N-dealkylation sites (tertiary alicyclic amines) is 1. The van der Waals surface area contributed by atoms with Gasteiger partial charge in [0.1, 0.15) is 10.9 Å². The average molecular weight is 383 g/mol. The minimum absolute atomic E-state index is 0.381. The molecule has 5 heteroatoms. The third-order valence-corrected chi connectivity index (χ3v) is 5.70. The predicted octanol–water partition coefficient (Wildman–Crippen LogP) is 4.38. The van der Waals surface area contributed by atoms with Crippen molar-refractivity contribution >= 4 is 22.5 Å². The van der Waals surface area contributed by atoms with E-state index in [0.29, 0.717) is 23.6 Å². The molecule has 0 bridgehead atoms. The third-order valence-electron chi connectivity index (χ3n) is 5.41. The molecule has 2 aromatic carbocycles. The lowest BCUT2D eigenvalue weighted by molar-refractivity contribution is -0.0277. The average Bonchev–Trinajstić information content (AvgIpc) is 2.70. The molecule has 1 aliphatic heterocycles. The van der Waals surface area contributed by atoms with Gasteiger partial charge in [0.2, 0.25) is 0 Å². The summed E-state index contributed by atoms with van der Waals surface area (Å²) in [6.45, 7) is 2.54. The third kappa shape index (κ3) is 3.79. The minimum Gasteiger partial charge on any atom is -0.497 e. The normalized spacial score (nSPS) is 17.1. The van der Waals surface area contributed by atoms with Crippen molar-refractivity contribution in [2.45, 2.75) is 25.0 Å². The van der Waals surface area contributed by atoms with E-state index in [1.54, 1.807) is 7.11 Å². The fraction of sp³-hybridized carbons (Fsp3) is 0.318. The topological polar surface area (TPSA) is 45.6 Å². The number of halogens is 1. The van der Waals surface area contributed by atoms with E-state index in [2.05, 4.69) is 34.1 Å². The molecule has 0 atom stereocenters. The van der Waals surface area contributed by atoms with Gasteiger partial charge >= 0.3 is 0 Å². The number of piperidine rings is 1. The van der Waals surface area contributed by atoms with Gasteiger partial charge in [-0.15, -0.1) is 0 Å². The maximum absolute atomic E-state index is 11.3. The molecule has 0 aliphatic carbocycles. The smallest absolute Gasteiger partial charge is 0.135 e. The molecule has 4 nitrogen and oxygen atoms in total. The van der Waals surface area contributed by atoms with Gasteiger partial charge in [0, 0.05) is 30.6 Å². The van der Waals surface area contributed by atoms with Crippen molar-refractivity contribution in [3.63, 3.8) is 0 Å². The number of methoxy groups -OCH3 is 1. The SMILES string of the molecule is COc1ccc2nc(Cl)c(C3(O)CCN(Cc4ccccc4)CC3)cc2c1. The van der Waals surface area contributed by atoms with Crippen LogP contribution in [-0.2, 0) is 12.1 Å². The lowest BCUT2D eigenvalue weighted by Crippen LogP contribution is -2.42. The Morgan fingerprint density at radius 3 is 2.56 bits per heavy atom. The van der Waals surface area contributed by atoms with Gasteiger partial charge in [-0.25, -0.2) is 4.98 Å². The molecule has 0 amide bonds. The van der Waals surface area contributed by atoms with E-state index >= 15 is 0 Å². The Morgan fingerprint density at radius 1 is 1.11 bits per heavy atom. The molecule has 4 rings (SSSR count). The molecule has 140 valence electrons. The Hall–Kier alpha value is -2.14. The van der Waals surface area contributed by atoms with Crippen molar-refractivity contribution in [1.29, 1.82) is 0 Å². The summed E-state index contributed by atoms with van der Waals surface area (Å²) in [6, 6.07) is 18.1. The van der Waals surface area contributed by atoms with Crippen molar-refractivity contribution in [3.05, 3.63) is 70.9 Å². The number of rotatable bonds is 4. The Bertz CT molecular complexity index is 938. The molecular formula is C22H23ClN2O2. The van der Waals surface area contributed by atoms with Crippen molar-refractivity contribution < 1.29 is 9.84 Å². The van der Waals surface area contributed by atoms with Crippen molar-refractivity contribution in [1.82, 2.24) is 9.88 Å². The van der Waals surface area contributed by atoms with Gasteiger partial charge in [-0.1, -0.05) is 41.9 Å². The first kappa shape index (κ1) is 18.2. The highest BCUT2D eigenvalue weighted by molar-refractivity contribution is 6.30. The summed E-state index contributed by atoms with van der Waals surface area (Å²) in [5.41, 5.74) is 1.86. The van der Waals surface area contributed by atoms with E-state index < -0.39 is 5.60 Å². The lowest BCUT2D eigenvalue weighted by atomic mass is 9.84. The first-order chi connectivity index (χ1) is 13.1. The maximum atomic E-state index is 11.3. The molecule has 1 fully saturated rings. The first-order valence-electron chi connectivity index (χ1n) is 9.21. The lowest BCUT2D eigenvalue weighted by Gasteiger charge is -2.38. The summed E-state index contributed by atoms with van der Waals surface area (Å²) in [4.78, 5) is 6.86. The maximum Gasteiger partial charge on any atom is 0.135 e. The van der Waals surface area contributed by atoms with Gasteiger partial charge in [0.25, 0.3) is 0 Å². The van der Waals surface area contributed by atoms with E-state index in [-0.39, 0.29) is 0 Å². The first-order valence-corrected chi connectivity index (χ1v) is 9.59. The second-order valence-corrected chi connectivity index (χ2v) is 7.54. The number of benzene rings is 2. The minimum atomic E-state index is -0.950. The van der Waals surface area contributed by atoms with Crippen molar-refractivity contribution in [2.24, 2.45) is 0 Å². The van der Waals surface area contributed by atoms with Gasteiger partial charge in [0.15, 0.2) is 0 Å². The molecule has 2 heterocycles. The number of fused-ring (bicyclic) bond motifs is 1. The summed E-state index contributed by atoms with van der Waals surface area (Å²) >= 11 is 6.45. The van der Waals surface area contributed by atoms with Crippen LogP contribution in [0.25, 0.3) is 10.9 Å². The Morgan fingerprint density at radius 2 is 1.85 bits per heavy atom. The number of nitrogens with zero attached hydrogens (tertiary/aromatic N) is 2. The van der Waals surface area contributed by atoms with Gasteiger partial charge < -0.3 is 9.84 Å². The number of aliphatic hydroxyl groups is 1. The number of ether oxygens (including phenoxy) is 1. The molecule has 1 aromatic heterocycles. The molecule has 27 heavy (non-hydrogen) atoms. The zero-order chi connectivity index (χ0) is 18.9. The molecule has 1 N–H and O–H groups in total. The van der Waals surface area contributed by atoms with E-state index in [1.165, 1.54) is 5.56 Å². The highest BCUT2D eigenvalue weighted by Crippen LogP contribution is 2.38. The molecule has 3 aromatic rings. The largest absolute Gasteiger partial charge is 0.497 e. The van der Waals surface area contributed by atoms with E-state index in [9.17, 15) is 5.11 Å². The Balaban J connectivity index is 1.55. The zero-order valence-electron chi connectivity index (χ0n) is 15.4. The van der Waals surface area contributed by atoms with Crippen LogP contribution in [0.3, 0.4) is 0 Å². The second kappa shape index (κ2) is 7.47. The van der Waals surface area contributed by atoms with Gasteiger partial charge in [0.05, 0.1) is 18.2 Å². The monoisotopic (exact) mass is 382 g/mol. The number of pyridine rings is 1. The fourth-order valence-electron chi connectivity index (χ4n) is 3.78.